The van der Waals surface area contributed by atoms with E-state index in [-0.39, 0.29) is 5.60 Å². The van der Waals surface area contributed by atoms with Crippen LogP contribution in [0, 0.1) is 0 Å². The summed E-state index contributed by atoms with van der Waals surface area (Å²) in [6.07, 6.45) is 7.43. The quantitative estimate of drug-likeness (QED) is 0.695. The van der Waals surface area contributed by atoms with Crippen molar-refractivity contribution in [3.8, 4) is 11.5 Å². The summed E-state index contributed by atoms with van der Waals surface area (Å²) in [5, 5.41) is 10.6. The standard InChI is InChI=1S/C20H29ClO2/c1-4-14-7-6-13(2)17-16(22)12-15-8-10-20(3,9-5-11-21)23-19(15)18(14)17/h12-14,22H,4-11H2,1-3H3. The number of alkyl halides is 1. The minimum atomic E-state index is -0.119. The summed E-state index contributed by atoms with van der Waals surface area (Å²) >= 11 is 5.90. The van der Waals surface area contributed by atoms with Gasteiger partial charge in [0.1, 0.15) is 17.1 Å². The maximum atomic E-state index is 10.6. The van der Waals surface area contributed by atoms with Crippen LogP contribution in [0.5, 0.6) is 11.5 Å². The monoisotopic (exact) mass is 336 g/mol. The summed E-state index contributed by atoms with van der Waals surface area (Å²) < 4.78 is 6.59. The van der Waals surface area contributed by atoms with Gasteiger partial charge < -0.3 is 9.84 Å². The van der Waals surface area contributed by atoms with E-state index in [0.717, 1.165) is 49.8 Å². The molecule has 1 aromatic rings. The minimum Gasteiger partial charge on any atom is -0.508 e. The van der Waals surface area contributed by atoms with Gasteiger partial charge in [-0.25, -0.2) is 0 Å². The van der Waals surface area contributed by atoms with Crippen molar-refractivity contribution in [3.05, 3.63) is 22.8 Å². The zero-order valence-corrected chi connectivity index (χ0v) is 15.4. The number of phenols is 1. The fraction of sp³-hybridized carbons (Fsp3) is 0.700. The summed E-state index contributed by atoms with van der Waals surface area (Å²) in [6.45, 7) is 6.69. The van der Waals surface area contributed by atoms with Gasteiger partial charge in [0, 0.05) is 17.0 Å². The average Bonchev–Trinajstić information content (AvgIpc) is 2.54. The molecule has 0 saturated heterocycles. The minimum absolute atomic E-state index is 0.119. The van der Waals surface area contributed by atoms with Crippen LogP contribution in [0.4, 0.5) is 0 Å². The van der Waals surface area contributed by atoms with Gasteiger partial charge >= 0.3 is 0 Å². The molecule has 3 heteroatoms. The normalized spacial score (nSPS) is 29.6. The first-order valence-corrected chi connectivity index (χ1v) is 9.66. The highest BCUT2D eigenvalue weighted by Crippen LogP contribution is 2.52. The van der Waals surface area contributed by atoms with Crippen molar-refractivity contribution in [2.45, 2.75) is 83.2 Å². The van der Waals surface area contributed by atoms with Gasteiger partial charge in [-0.15, -0.1) is 11.6 Å². The Balaban J connectivity index is 2.06. The molecule has 1 heterocycles. The van der Waals surface area contributed by atoms with E-state index in [1.807, 2.05) is 6.07 Å². The van der Waals surface area contributed by atoms with E-state index < -0.39 is 0 Å². The molecule has 3 rings (SSSR count). The number of fused-ring (bicyclic) bond motifs is 3. The van der Waals surface area contributed by atoms with Gasteiger partial charge in [-0.3, -0.25) is 0 Å². The predicted octanol–water partition coefficient (Wildman–Crippen LogP) is 5.89. The molecule has 23 heavy (non-hydrogen) atoms. The lowest BCUT2D eigenvalue weighted by Gasteiger charge is -2.40. The van der Waals surface area contributed by atoms with Gasteiger partial charge in [0.25, 0.3) is 0 Å². The summed E-state index contributed by atoms with van der Waals surface area (Å²) in [7, 11) is 0. The summed E-state index contributed by atoms with van der Waals surface area (Å²) in [5.41, 5.74) is 3.52. The van der Waals surface area contributed by atoms with Crippen molar-refractivity contribution >= 4 is 11.6 Å². The van der Waals surface area contributed by atoms with E-state index in [1.54, 1.807) is 0 Å². The topological polar surface area (TPSA) is 29.5 Å². The van der Waals surface area contributed by atoms with Crippen molar-refractivity contribution in [2.75, 3.05) is 5.88 Å². The van der Waals surface area contributed by atoms with E-state index in [1.165, 1.54) is 17.5 Å². The Hall–Kier alpha value is -0.890. The largest absolute Gasteiger partial charge is 0.508 e. The number of benzene rings is 1. The van der Waals surface area contributed by atoms with Crippen LogP contribution in [-0.2, 0) is 6.42 Å². The van der Waals surface area contributed by atoms with Gasteiger partial charge in [-0.05, 0) is 75.3 Å². The zero-order chi connectivity index (χ0) is 16.6. The number of halogens is 1. The first-order chi connectivity index (χ1) is 11.0. The highest BCUT2D eigenvalue weighted by atomic mass is 35.5. The second-order valence-electron chi connectivity index (χ2n) is 7.64. The summed E-state index contributed by atoms with van der Waals surface area (Å²) in [6, 6.07) is 1.96. The van der Waals surface area contributed by atoms with E-state index >= 15 is 0 Å². The SMILES string of the molecule is CCC1CCC(C)c2c(O)cc3c(c21)OC(C)(CCCCl)CC3. The van der Waals surface area contributed by atoms with Crippen LogP contribution in [0.2, 0.25) is 0 Å². The van der Waals surface area contributed by atoms with E-state index in [2.05, 4.69) is 20.8 Å². The zero-order valence-electron chi connectivity index (χ0n) is 14.6. The summed E-state index contributed by atoms with van der Waals surface area (Å²) in [4.78, 5) is 0. The van der Waals surface area contributed by atoms with E-state index in [9.17, 15) is 5.11 Å². The lowest BCUT2D eigenvalue weighted by molar-refractivity contribution is 0.0532. The van der Waals surface area contributed by atoms with Gasteiger partial charge in [-0.1, -0.05) is 13.8 Å². The molecule has 0 radical (unpaired) electrons. The van der Waals surface area contributed by atoms with E-state index in [0.29, 0.717) is 23.5 Å². The van der Waals surface area contributed by atoms with Crippen LogP contribution >= 0.6 is 11.6 Å². The van der Waals surface area contributed by atoms with Crippen molar-refractivity contribution in [1.82, 2.24) is 0 Å². The second kappa shape index (κ2) is 6.55. The molecule has 3 unspecified atom stereocenters. The maximum absolute atomic E-state index is 10.6. The fourth-order valence-electron chi connectivity index (χ4n) is 4.43. The van der Waals surface area contributed by atoms with Gasteiger partial charge in [0.15, 0.2) is 0 Å². The molecule has 1 aromatic carbocycles. The molecule has 0 aromatic heterocycles. The lowest BCUT2D eigenvalue weighted by atomic mass is 9.73. The highest BCUT2D eigenvalue weighted by Gasteiger charge is 2.37. The Kier molecular flexibility index (Phi) is 4.83. The van der Waals surface area contributed by atoms with Crippen LogP contribution in [0.1, 0.15) is 87.8 Å². The fourth-order valence-corrected chi connectivity index (χ4v) is 4.57. The van der Waals surface area contributed by atoms with Gasteiger partial charge in [-0.2, -0.15) is 0 Å². The highest BCUT2D eigenvalue weighted by molar-refractivity contribution is 6.17. The van der Waals surface area contributed by atoms with Gasteiger partial charge in [0.05, 0.1) is 0 Å². The molecule has 1 aliphatic heterocycles. The van der Waals surface area contributed by atoms with Crippen molar-refractivity contribution < 1.29 is 9.84 Å². The third-order valence-corrected chi connectivity index (χ3v) is 6.13. The van der Waals surface area contributed by atoms with Crippen molar-refractivity contribution in [2.24, 2.45) is 0 Å². The number of rotatable bonds is 4. The third kappa shape index (κ3) is 3.07. The number of hydrogen-bond donors (Lipinski definition) is 1. The number of phenolic OH excluding ortho intramolecular Hbond substituents is 1. The third-order valence-electron chi connectivity index (χ3n) is 5.87. The first-order valence-electron chi connectivity index (χ1n) is 9.12. The molecular weight excluding hydrogens is 308 g/mol. The predicted molar refractivity (Wildman–Crippen MR) is 96.1 cm³/mol. The molecule has 0 fully saturated rings. The number of aromatic hydroxyl groups is 1. The molecule has 1 N–H and O–H groups in total. The first kappa shape index (κ1) is 17.0. The molecule has 3 atom stereocenters. The molecule has 0 amide bonds. The van der Waals surface area contributed by atoms with Crippen LogP contribution in [0.25, 0.3) is 0 Å². The number of hydrogen-bond acceptors (Lipinski definition) is 2. The molecule has 0 saturated carbocycles. The van der Waals surface area contributed by atoms with Crippen LogP contribution in [-0.4, -0.2) is 16.6 Å². The van der Waals surface area contributed by atoms with Crippen LogP contribution < -0.4 is 4.74 Å². The summed E-state index contributed by atoms with van der Waals surface area (Å²) in [5.74, 6) is 3.18. The smallest absolute Gasteiger partial charge is 0.127 e. The Morgan fingerprint density at radius 2 is 2.13 bits per heavy atom. The Bertz CT molecular complexity index is 583. The maximum Gasteiger partial charge on any atom is 0.127 e. The molecule has 128 valence electrons. The molecule has 2 aliphatic rings. The van der Waals surface area contributed by atoms with Crippen LogP contribution in [0.15, 0.2) is 6.07 Å². The molecule has 1 aliphatic carbocycles. The number of aryl methyl sites for hydroxylation is 1. The lowest BCUT2D eigenvalue weighted by Crippen LogP contribution is -2.37. The van der Waals surface area contributed by atoms with Gasteiger partial charge in [0.2, 0.25) is 0 Å². The Labute approximate surface area is 145 Å². The molecule has 2 nitrogen and oxygen atoms in total. The molecule has 0 bridgehead atoms. The Morgan fingerprint density at radius 1 is 1.35 bits per heavy atom. The Morgan fingerprint density at radius 3 is 2.83 bits per heavy atom. The van der Waals surface area contributed by atoms with Crippen molar-refractivity contribution in [3.63, 3.8) is 0 Å². The van der Waals surface area contributed by atoms with E-state index in [4.69, 9.17) is 16.3 Å². The van der Waals surface area contributed by atoms with Crippen molar-refractivity contribution in [1.29, 1.82) is 0 Å². The average molecular weight is 337 g/mol. The molecular formula is C20H29ClO2. The van der Waals surface area contributed by atoms with Crippen LogP contribution in [0.3, 0.4) is 0 Å². The second-order valence-corrected chi connectivity index (χ2v) is 8.02. The number of ether oxygens (including phenoxy) is 1. The molecule has 0 spiro atoms.